The molecule has 2 aliphatic rings. The maximum Gasteiger partial charge on any atom is 0.217 e. The van der Waals surface area contributed by atoms with Crippen molar-refractivity contribution in [3.05, 3.63) is 29.4 Å². The van der Waals surface area contributed by atoms with Gasteiger partial charge in [-0.25, -0.2) is 4.98 Å². The Bertz CT molecular complexity index is 635. The van der Waals surface area contributed by atoms with Crippen molar-refractivity contribution in [3.8, 4) is 5.88 Å². The van der Waals surface area contributed by atoms with Gasteiger partial charge in [-0.2, -0.15) is 0 Å². The van der Waals surface area contributed by atoms with Gasteiger partial charge in [-0.15, -0.1) is 10.2 Å². The number of ether oxygens (including phenoxy) is 1. The molecule has 2 atom stereocenters. The van der Waals surface area contributed by atoms with Crippen LogP contribution in [0.1, 0.15) is 18.4 Å². The molecule has 2 aromatic rings. The Morgan fingerprint density at radius 2 is 2.23 bits per heavy atom. The molecule has 0 N–H and O–H groups in total. The van der Waals surface area contributed by atoms with Crippen molar-refractivity contribution in [2.24, 2.45) is 0 Å². The number of nitrogens with zero attached hydrogens (tertiary/aromatic N) is 5. The molecule has 0 aliphatic carbocycles. The van der Waals surface area contributed by atoms with Gasteiger partial charge < -0.3 is 9.64 Å². The maximum absolute atomic E-state index is 5.38. The van der Waals surface area contributed by atoms with E-state index in [9.17, 15) is 0 Å². The first-order valence-corrected chi connectivity index (χ1v) is 8.49. The van der Waals surface area contributed by atoms with E-state index in [-0.39, 0.29) is 0 Å². The SMILES string of the molecule is COc1ncccc1CN1CC[C@@H]2[C@@H]1CCN2c1nncs1. The van der Waals surface area contributed by atoms with Crippen molar-refractivity contribution < 1.29 is 4.74 Å². The van der Waals surface area contributed by atoms with Crippen molar-refractivity contribution in [2.45, 2.75) is 31.5 Å². The highest BCUT2D eigenvalue weighted by Gasteiger charge is 2.43. The van der Waals surface area contributed by atoms with E-state index in [1.807, 2.05) is 11.6 Å². The molecule has 4 heterocycles. The molecule has 22 heavy (non-hydrogen) atoms. The lowest BCUT2D eigenvalue weighted by atomic mass is 10.1. The molecule has 0 radical (unpaired) electrons. The molecule has 2 aliphatic heterocycles. The van der Waals surface area contributed by atoms with Crippen LogP contribution in [0.5, 0.6) is 5.88 Å². The van der Waals surface area contributed by atoms with E-state index < -0.39 is 0 Å². The number of aromatic nitrogens is 3. The Kier molecular flexibility index (Phi) is 3.67. The lowest BCUT2D eigenvalue weighted by Gasteiger charge is -2.25. The zero-order valence-corrected chi connectivity index (χ0v) is 13.4. The predicted octanol–water partition coefficient (Wildman–Crippen LogP) is 1.79. The fraction of sp³-hybridized carbons (Fsp3) is 0.533. The average molecular weight is 317 g/mol. The zero-order valence-electron chi connectivity index (χ0n) is 12.6. The third kappa shape index (κ3) is 2.34. The quantitative estimate of drug-likeness (QED) is 0.857. The molecule has 2 fully saturated rings. The summed E-state index contributed by atoms with van der Waals surface area (Å²) >= 11 is 1.64. The normalized spacial score (nSPS) is 24.7. The molecule has 0 unspecified atom stereocenters. The highest BCUT2D eigenvalue weighted by Crippen LogP contribution is 2.36. The maximum atomic E-state index is 5.38. The van der Waals surface area contributed by atoms with Crippen molar-refractivity contribution in [2.75, 3.05) is 25.1 Å². The molecule has 6 nitrogen and oxygen atoms in total. The van der Waals surface area contributed by atoms with E-state index in [1.54, 1.807) is 24.6 Å². The second kappa shape index (κ2) is 5.81. The van der Waals surface area contributed by atoms with Gasteiger partial charge in [-0.05, 0) is 18.9 Å². The zero-order chi connectivity index (χ0) is 14.9. The summed E-state index contributed by atoms with van der Waals surface area (Å²) < 4.78 is 5.38. The number of anilines is 1. The highest BCUT2D eigenvalue weighted by atomic mass is 32.1. The molecule has 0 bridgehead atoms. The topological polar surface area (TPSA) is 54.4 Å². The third-order valence-electron chi connectivity index (χ3n) is 4.70. The lowest BCUT2D eigenvalue weighted by Crippen LogP contribution is -2.36. The van der Waals surface area contributed by atoms with Crippen LogP contribution in [0.4, 0.5) is 5.13 Å². The Labute approximate surface area is 133 Å². The van der Waals surface area contributed by atoms with Crippen LogP contribution in [-0.4, -0.2) is 52.4 Å². The van der Waals surface area contributed by atoms with Crippen molar-refractivity contribution >= 4 is 16.5 Å². The number of methoxy groups -OCH3 is 1. The minimum Gasteiger partial charge on any atom is -0.481 e. The Hall–Kier alpha value is -1.73. The fourth-order valence-corrected chi connectivity index (χ4v) is 4.39. The molecular formula is C15H19N5OS. The van der Waals surface area contributed by atoms with E-state index in [0.29, 0.717) is 12.1 Å². The number of pyridine rings is 1. The van der Waals surface area contributed by atoms with Crippen LogP contribution in [0.15, 0.2) is 23.8 Å². The van der Waals surface area contributed by atoms with E-state index >= 15 is 0 Å². The van der Waals surface area contributed by atoms with Gasteiger partial charge in [0.15, 0.2) is 0 Å². The number of hydrogen-bond acceptors (Lipinski definition) is 7. The fourth-order valence-electron chi connectivity index (χ4n) is 3.75. The Balaban J connectivity index is 1.50. The molecular weight excluding hydrogens is 298 g/mol. The van der Waals surface area contributed by atoms with Gasteiger partial charge in [-0.1, -0.05) is 17.4 Å². The summed E-state index contributed by atoms with van der Waals surface area (Å²) in [6.07, 6.45) is 4.15. The molecule has 0 aromatic carbocycles. The third-order valence-corrected chi connectivity index (χ3v) is 5.43. The van der Waals surface area contributed by atoms with E-state index in [2.05, 4.69) is 31.0 Å². The lowest BCUT2D eigenvalue weighted by molar-refractivity contribution is 0.241. The Morgan fingerprint density at radius 1 is 1.32 bits per heavy atom. The molecule has 7 heteroatoms. The summed E-state index contributed by atoms with van der Waals surface area (Å²) in [4.78, 5) is 9.30. The molecule has 0 saturated carbocycles. The van der Waals surface area contributed by atoms with Crippen LogP contribution in [0.2, 0.25) is 0 Å². The molecule has 2 saturated heterocycles. The van der Waals surface area contributed by atoms with Crippen LogP contribution in [0, 0.1) is 0 Å². The van der Waals surface area contributed by atoms with Crippen LogP contribution >= 0.6 is 11.3 Å². The van der Waals surface area contributed by atoms with Crippen molar-refractivity contribution in [1.82, 2.24) is 20.1 Å². The van der Waals surface area contributed by atoms with Gasteiger partial charge in [0.05, 0.1) is 7.11 Å². The Morgan fingerprint density at radius 3 is 3.05 bits per heavy atom. The first-order chi connectivity index (χ1) is 10.9. The first kappa shape index (κ1) is 13.9. The van der Waals surface area contributed by atoms with Crippen LogP contribution in [0.3, 0.4) is 0 Å². The average Bonchev–Trinajstić information content (AvgIpc) is 3.25. The van der Waals surface area contributed by atoms with Crippen LogP contribution in [-0.2, 0) is 6.54 Å². The summed E-state index contributed by atoms with van der Waals surface area (Å²) in [5, 5.41) is 9.28. The highest BCUT2D eigenvalue weighted by molar-refractivity contribution is 7.13. The van der Waals surface area contributed by atoms with E-state index in [0.717, 1.165) is 30.6 Å². The molecule has 4 rings (SSSR count). The minimum atomic E-state index is 0.565. The summed E-state index contributed by atoms with van der Waals surface area (Å²) in [7, 11) is 1.69. The number of likely N-dealkylation sites (tertiary alicyclic amines) is 1. The van der Waals surface area contributed by atoms with E-state index in [4.69, 9.17) is 4.74 Å². The van der Waals surface area contributed by atoms with Gasteiger partial charge in [0.1, 0.15) is 5.51 Å². The van der Waals surface area contributed by atoms with Crippen LogP contribution in [0.25, 0.3) is 0 Å². The van der Waals surface area contributed by atoms with Crippen molar-refractivity contribution in [1.29, 1.82) is 0 Å². The summed E-state index contributed by atoms with van der Waals surface area (Å²) in [6, 6.07) is 5.24. The number of hydrogen-bond donors (Lipinski definition) is 0. The smallest absolute Gasteiger partial charge is 0.217 e. The molecule has 2 aromatic heterocycles. The summed E-state index contributed by atoms with van der Waals surface area (Å²) in [6.45, 7) is 3.09. The number of fused-ring (bicyclic) bond motifs is 1. The largest absolute Gasteiger partial charge is 0.481 e. The van der Waals surface area contributed by atoms with Gasteiger partial charge in [0, 0.05) is 43.5 Å². The standard InChI is InChI=1S/C15H19N5OS/c1-21-14-11(3-2-6-16-14)9-19-7-4-13-12(19)5-8-20(13)15-18-17-10-22-15/h2-3,6,10,12-13H,4-5,7-9H2,1H3/t12-,13+/m0/s1. The molecule has 0 amide bonds. The molecule has 0 spiro atoms. The monoisotopic (exact) mass is 317 g/mol. The van der Waals surface area contributed by atoms with Crippen LogP contribution < -0.4 is 9.64 Å². The second-order valence-electron chi connectivity index (χ2n) is 5.77. The predicted molar refractivity (Wildman–Crippen MR) is 85.3 cm³/mol. The summed E-state index contributed by atoms with van der Waals surface area (Å²) in [5.41, 5.74) is 2.98. The number of rotatable bonds is 4. The van der Waals surface area contributed by atoms with E-state index in [1.165, 1.54) is 18.4 Å². The van der Waals surface area contributed by atoms with Crippen molar-refractivity contribution in [3.63, 3.8) is 0 Å². The first-order valence-electron chi connectivity index (χ1n) is 7.61. The van der Waals surface area contributed by atoms with Gasteiger partial charge in [-0.3, -0.25) is 4.90 Å². The molecule has 116 valence electrons. The second-order valence-corrected chi connectivity index (χ2v) is 6.58. The minimum absolute atomic E-state index is 0.565. The van der Waals surface area contributed by atoms with Gasteiger partial charge in [0.25, 0.3) is 0 Å². The van der Waals surface area contributed by atoms with Gasteiger partial charge in [0.2, 0.25) is 11.0 Å². The summed E-state index contributed by atoms with van der Waals surface area (Å²) in [5.74, 6) is 0.741. The van der Waals surface area contributed by atoms with Gasteiger partial charge >= 0.3 is 0 Å².